The van der Waals surface area contributed by atoms with Crippen LogP contribution in [-0.2, 0) is 16.5 Å². The third-order valence-corrected chi connectivity index (χ3v) is 5.48. The molecule has 2 aromatic heterocycles. The first-order valence-corrected chi connectivity index (χ1v) is 10.2. The summed E-state index contributed by atoms with van der Waals surface area (Å²) in [7, 11) is 1.73. The fourth-order valence-corrected chi connectivity index (χ4v) is 3.94. The van der Waals surface area contributed by atoms with E-state index in [1.54, 1.807) is 44.5 Å². The summed E-state index contributed by atoms with van der Waals surface area (Å²) in [4.78, 5) is 40.0. The molecule has 162 valence electrons. The number of furan rings is 1. The van der Waals surface area contributed by atoms with E-state index in [2.05, 4.69) is 0 Å². The monoisotopic (exact) mass is 416 g/mol. The van der Waals surface area contributed by atoms with Crippen LogP contribution in [0.2, 0.25) is 0 Å². The van der Waals surface area contributed by atoms with Crippen molar-refractivity contribution in [3.8, 4) is 0 Å². The SMILES string of the molecule is CCOC(=O)c1c(C)c(C(=O)CN(CC2CCCO2)C(=O)c2ccco2)c(C)n1C. The van der Waals surface area contributed by atoms with Crippen LogP contribution < -0.4 is 0 Å². The van der Waals surface area contributed by atoms with Crippen LogP contribution in [0.1, 0.15) is 62.4 Å². The van der Waals surface area contributed by atoms with E-state index in [1.807, 2.05) is 0 Å². The fraction of sp³-hybridized carbons (Fsp3) is 0.500. The Morgan fingerprint density at radius 1 is 1.30 bits per heavy atom. The molecule has 8 nitrogen and oxygen atoms in total. The summed E-state index contributed by atoms with van der Waals surface area (Å²) in [6.45, 7) is 6.32. The number of carbonyl (C=O) groups excluding carboxylic acids is 3. The van der Waals surface area contributed by atoms with Crippen molar-refractivity contribution in [1.29, 1.82) is 0 Å². The summed E-state index contributed by atoms with van der Waals surface area (Å²) in [5, 5.41) is 0. The molecule has 2 aromatic rings. The molecule has 0 spiro atoms. The summed E-state index contributed by atoms with van der Waals surface area (Å²) in [5.41, 5.74) is 2.00. The van der Waals surface area contributed by atoms with Crippen molar-refractivity contribution in [3.63, 3.8) is 0 Å². The van der Waals surface area contributed by atoms with E-state index < -0.39 is 5.97 Å². The Balaban J connectivity index is 1.87. The maximum Gasteiger partial charge on any atom is 0.355 e. The molecular formula is C22H28N2O6. The van der Waals surface area contributed by atoms with Gasteiger partial charge in [-0.3, -0.25) is 9.59 Å². The predicted molar refractivity (Wildman–Crippen MR) is 109 cm³/mol. The van der Waals surface area contributed by atoms with Gasteiger partial charge in [0.15, 0.2) is 11.5 Å². The van der Waals surface area contributed by atoms with Crippen molar-refractivity contribution in [1.82, 2.24) is 9.47 Å². The quantitative estimate of drug-likeness (QED) is 0.485. The van der Waals surface area contributed by atoms with Gasteiger partial charge in [0.1, 0.15) is 5.69 Å². The normalized spacial score (nSPS) is 15.9. The second kappa shape index (κ2) is 9.30. The highest BCUT2D eigenvalue weighted by molar-refractivity contribution is 6.05. The Kier molecular flexibility index (Phi) is 6.77. The second-order valence-electron chi connectivity index (χ2n) is 7.43. The third-order valence-electron chi connectivity index (χ3n) is 5.48. The highest BCUT2D eigenvalue weighted by Crippen LogP contribution is 2.24. The first kappa shape index (κ1) is 21.8. The Hall–Kier alpha value is -2.87. The molecule has 1 atom stereocenters. The Labute approximate surface area is 175 Å². The summed E-state index contributed by atoms with van der Waals surface area (Å²) < 4.78 is 17.7. The van der Waals surface area contributed by atoms with Gasteiger partial charge in [0.2, 0.25) is 0 Å². The number of ketones is 1. The smallest absolute Gasteiger partial charge is 0.355 e. The molecule has 1 amide bonds. The molecule has 8 heteroatoms. The van der Waals surface area contributed by atoms with Gasteiger partial charge >= 0.3 is 5.97 Å². The lowest BCUT2D eigenvalue weighted by molar-refractivity contribution is 0.0485. The highest BCUT2D eigenvalue weighted by atomic mass is 16.5. The summed E-state index contributed by atoms with van der Waals surface area (Å²) in [6.07, 6.45) is 3.09. The minimum atomic E-state index is -0.470. The van der Waals surface area contributed by atoms with E-state index in [9.17, 15) is 14.4 Å². The first-order valence-electron chi connectivity index (χ1n) is 10.2. The average molecular weight is 416 g/mol. The molecule has 1 aliphatic heterocycles. The number of amides is 1. The lowest BCUT2D eigenvalue weighted by Crippen LogP contribution is -2.40. The molecule has 3 heterocycles. The van der Waals surface area contributed by atoms with E-state index >= 15 is 0 Å². The topological polar surface area (TPSA) is 91.0 Å². The second-order valence-corrected chi connectivity index (χ2v) is 7.43. The number of esters is 1. The van der Waals surface area contributed by atoms with Crippen molar-refractivity contribution in [2.24, 2.45) is 7.05 Å². The van der Waals surface area contributed by atoms with Crippen molar-refractivity contribution in [3.05, 3.63) is 46.7 Å². The van der Waals surface area contributed by atoms with E-state index in [-0.39, 0.29) is 36.7 Å². The average Bonchev–Trinajstić information content (AvgIpc) is 3.44. The van der Waals surface area contributed by atoms with Crippen LogP contribution in [0.3, 0.4) is 0 Å². The van der Waals surface area contributed by atoms with Crippen LogP contribution >= 0.6 is 0 Å². The number of hydrogen-bond acceptors (Lipinski definition) is 6. The summed E-state index contributed by atoms with van der Waals surface area (Å²) in [5.74, 6) is -0.896. The van der Waals surface area contributed by atoms with Crippen LogP contribution in [0.5, 0.6) is 0 Å². The number of aromatic nitrogens is 1. The molecule has 0 aliphatic carbocycles. The summed E-state index contributed by atoms with van der Waals surface area (Å²) in [6, 6.07) is 3.21. The fourth-order valence-electron chi connectivity index (χ4n) is 3.94. The van der Waals surface area contributed by atoms with Crippen LogP contribution in [0.4, 0.5) is 0 Å². The maximum atomic E-state index is 13.3. The molecule has 1 aliphatic rings. The van der Waals surface area contributed by atoms with Gasteiger partial charge < -0.3 is 23.4 Å². The number of nitrogens with zero attached hydrogens (tertiary/aromatic N) is 2. The molecule has 0 aromatic carbocycles. The molecule has 0 radical (unpaired) electrons. The Morgan fingerprint density at radius 3 is 2.67 bits per heavy atom. The number of hydrogen-bond donors (Lipinski definition) is 0. The molecule has 3 rings (SSSR count). The molecule has 1 unspecified atom stereocenters. The van der Waals surface area contributed by atoms with Gasteiger partial charge in [-0.15, -0.1) is 0 Å². The van der Waals surface area contributed by atoms with Crippen molar-refractivity contribution in [2.75, 3.05) is 26.3 Å². The molecule has 0 bridgehead atoms. The van der Waals surface area contributed by atoms with E-state index in [0.717, 1.165) is 12.8 Å². The molecule has 0 saturated carbocycles. The molecule has 30 heavy (non-hydrogen) atoms. The third kappa shape index (κ3) is 4.33. The van der Waals surface area contributed by atoms with E-state index in [1.165, 1.54) is 11.2 Å². The van der Waals surface area contributed by atoms with Crippen molar-refractivity contribution in [2.45, 2.75) is 39.7 Å². The van der Waals surface area contributed by atoms with Gasteiger partial charge in [-0.2, -0.15) is 0 Å². The standard InChI is InChI=1S/C22H28N2O6/c1-5-28-22(27)20-14(2)19(15(3)23(20)4)17(25)13-24(12-16-8-6-10-29-16)21(26)18-9-7-11-30-18/h7,9,11,16H,5-6,8,10,12-13H2,1-4H3. The van der Waals surface area contributed by atoms with Gasteiger partial charge in [0, 0.05) is 31.5 Å². The zero-order chi connectivity index (χ0) is 21.8. The first-order chi connectivity index (χ1) is 14.3. The van der Waals surface area contributed by atoms with Gasteiger partial charge in [-0.1, -0.05) is 0 Å². The number of Topliss-reactive ketones (excluding diaryl/α,β-unsaturated/α-hetero) is 1. The molecule has 1 saturated heterocycles. The predicted octanol–water partition coefficient (Wildman–Crippen LogP) is 2.92. The number of rotatable bonds is 8. The van der Waals surface area contributed by atoms with Crippen molar-refractivity contribution >= 4 is 17.7 Å². The number of ether oxygens (including phenoxy) is 2. The zero-order valence-corrected chi connectivity index (χ0v) is 17.9. The lowest BCUT2D eigenvalue weighted by atomic mass is 10.0. The lowest BCUT2D eigenvalue weighted by Gasteiger charge is -2.24. The molecular weight excluding hydrogens is 388 g/mol. The minimum absolute atomic E-state index is 0.107. The number of carbonyl (C=O) groups is 3. The van der Waals surface area contributed by atoms with Gasteiger partial charge in [-0.05, 0) is 51.3 Å². The Morgan fingerprint density at radius 2 is 2.07 bits per heavy atom. The van der Waals surface area contributed by atoms with Gasteiger partial charge in [0.05, 0.1) is 25.5 Å². The van der Waals surface area contributed by atoms with Crippen LogP contribution in [-0.4, -0.2) is 59.5 Å². The van der Waals surface area contributed by atoms with Crippen LogP contribution in [0.25, 0.3) is 0 Å². The largest absolute Gasteiger partial charge is 0.461 e. The van der Waals surface area contributed by atoms with Crippen LogP contribution in [0.15, 0.2) is 22.8 Å². The van der Waals surface area contributed by atoms with Crippen LogP contribution in [0, 0.1) is 13.8 Å². The van der Waals surface area contributed by atoms with Gasteiger partial charge in [0.25, 0.3) is 5.91 Å². The molecule has 0 N–H and O–H groups in total. The van der Waals surface area contributed by atoms with E-state index in [4.69, 9.17) is 13.9 Å². The highest BCUT2D eigenvalue weighted by Gasteiger charge is 2.30. The van der Waals surface area contributed by atoms with Crippen molar-refractivity contribution < 1.29 is 28.3 Å². The zero-order valence-electron chi connectivity index (χ0n) is 17.9. The Bertz CT molecular complexity index is 922. The summed E-state index contributed by atoms with van der Waals surface area (Å²) >= 11 is 0. The van der Waals surface area contributed by atoms with E-state index in [0.29, 0.717) is 35.7 Å². The maximum absolute atomic E-state index is 13.3. The van der Waals surface area contributed by atoms with Gasteiger partial charge in [-0.25, -0.2) is 4.79 Å². The molecule has 1 fully saturated rings. The minimum Gasteiger partial charge on any atom is -0.461 e.